The highest BCUT2D eigenvalue weighted by atomic mass is 15.1. The number of anilines is 3. The fourth-order valence-electron chi connectivity index (χ4n) is 5.83. The lowest BCUT2D eigenvalue weighted by Gasteiger charge is -2.26. The van der Waals surface area contributed by atoms with E-state index in [0.717, 1.165) is 61.2 Å². The largest absolute Gasteiger partial charge is 0.311 e. The van der Waals surface area contributed by atoms with Crippen LogP contribution in [0.1, 0.15) is 16.7 Å². The minimum atomic E-state index is 0.640. The van der Waals surface area contributed by atoms with E-state index in [-0.39, 0.29) is 0 Å². The van der Waals surface area contributed by atoms with Crippen molar-refractivity contribution >= 4 is 27.8 Å². The number of fused-ring (bicyclic) bond motifs is 1. The van der Waals surface area contributed by atoms with Crippen molar-refractivity contribution < 1.29 is 0 Å². The molecule has 7 aromatic rings. The van der Waals surface area contributed by atoms with E-state index in [0.29, 0.717) is 16.7 Å². The molecule has 4 heteroatoms. The maximum absolute atomic E-state index is 9.26. The molecule has 0 N–H and O–H groups in total. The van der Waals surface area contributed by atoms with Crippen LogP contribution in [-0.4, -0.2) is 0 Å². The van der Waals surface area contributed by atoms with Gasteiger partial charge in [-0.05, 0) is 123 Å². The van der Waals surface area contributed by atoms with Crippen LogP contribution in [0.4, 0.5) is 17.1 Å². The second-order valence-electron chi connectivity index (χ2n) is 11.2. The summed E-state index contributed by atoms with van der Waals surface area (Å²) in [6, 6.07) is 59.4. The van der Waals surface area contributed by atoms with E-state index in [2.05, 4.69) is 114 Å². The van der Waals surface area contributed by atoms with Crippen LogP contribution in [0.25, 0.3) is 44.2 Å². The summed E-state index contributed by atoms with van der Waals surface area (Å²) in [4.78, 5) is 2.23. The monoisotopic (exact) mass is 598 g/mol. The zero-order chi connectivity index (χ0) is 32.2. The molecule has 218 valence electrons. The normalized spacial score (nSPS) is 10.5. The molecule has 0 aliphatic carbocycles. The van der Waals surface area contributed by atoms with Crippen molar-refractivity contribution in [2.45, 2.75) is 0 Å². The Hall–Kier alpha value is -6.93. The summed E-state index contributed by atoms with van der Waals surface area (Å²) in [5, 5.41) is 29.8. The van der Waals surface area contributed by atoms with Crippen molar-refractivity contribution in [3.63, 3.8) is 0 Å². The van der Waals surface area contributed by atoms with Crippen LogP contribution in [-0.2, 0) is 0 Å². The predicted molar refractivity (Wildman–Crippen MR) is 189 cm³/mol. The molecule has 0 saturated carbocycles. The molecule has 0 unspecified atom stereocenters. The first-order valence-electron chi connectivity index (χ1n) is 15.2. The van der Waals surface area contributed by atoms with Crippen molar-refractivity contribution in [3.8, 4) is 51.6 Å². The van der Waals surface area contributed by atoms with Gasteiger partial charge in [-0.1, -0.05) is 78.9 Å². The van der Waals surface area contributed by atoms with Crippen molar-refractivity contribution in [2.75, 3.05) is 4.90 Å². The Balaban J connectivity index is 1.24. The van der Waals surface area contributed by atoms with Crippen molar-refractivity contribution in [3.05, 3.63) is 174 Å². The summed E-state index contributed by atoms with van der Waals surface area (Å²) in [5.41, 5.74) is 11.4. The topological polar surface area (TPSA) is 74.6 Å². The second-order valence-corrected chi connectivity index (χ2v) is 11.2. The summed E-state index contributed by atoms with van der Waals surface area (Å²) in [5.74, 6) is 0. The molecule has 0 aromatic heterocycles. The first kappa shape index (κ1) is 28.8. The zero-order valence-corrected chi connectivity index (χ0v) is 25.3. The summed E-state index contributed by atoms with van der Waals surface area (Å²) in [6.07, 6.45) is 0. The van der Waals surface area contributed by atoms with Gasteiger partial charge in [-0.2, -0.15) is 15.8 Å². The van der Waals surface area contributed by atoms with Gasteiger partial charge in [0.15, 0.2) is 0 Å². The second kappa shape index (κ2) is 12.6. The van der Waals surface area contributed by atoms with E-state index in [9.17, 15) is 15.8 Å². The maximum Gasteiger partial charge on any atom is 0.0991 e. The molecule has 0 aliphatic rings. The molecule has 4 nitrogen and oxygen atoms in total. The first-order valence-corrected chi connectivity index (χ1v) is 15.2. The Bertz CT molecular complexity index is 2230. The van der Waals surface area contributed by atoms with Crippen LogP contribution in [0.3, 0.4) is 0 Å². The summed E-state index contributed by atoms with van der Waals surface area (Å²) < 4.78 is 0. The Kier molecular flexibility index (Phi) is 7.72. The molecular formula is C43H26N4. The number of hydrogen-bond donors (Lipinski definition) is 0. The Morgan fingerprint density at radius 2 is 0.596 bits per heavy atom. The van der Waals surface area contributed by atoms with Gasteiger partial charge in [-0.15, -0.1) is 0 Å². The van der Waals surface area contributed by atoms with Crippen LogP contribution in [0.5, 0.6) is 0 Å². The van der Waals surface area contributed by atoms with E-state index >= 15 is 0 Å². The van der Waals surface area contributed by atoms with E-state index in [1.54, 1.807) is 0 Å². The molecule has 0 fully saturated rings. The molecule has 0 aliphatic heterocycles. The third-order valence-electron chi connectivity index (χ3n) is 8.37. The van der Waals surface area contributed by atoms with Gasteiger partial charge in [0.1, 0.15) is 0 Å². The van der Waals surface area contributed by atoms with Crippen LogP contribution >= 0.6 is 0 Å². The van der Waals surface area contributed by atoms with Crippen molar-refractivity contribution in [1.29, 1.82) is 15.8 Å². The Morgan fingerprint density at radius 1 is 0.298 bits per heavy atom. The SMILES string of the molecule is N#Cc1ccc(-c2ccc(N(c3ccc(-c4ccc(C#N)cc4)cc3)c3ccc(-c4ccc5cc(C#N)ccc5c4)cc3)cc2)cc1. The summed E-state index contributed by atoms with van der Waals surface area (Å²) >= 11 is 0. The number of benzene rings is 7. The minimum Gasteiger partial charge on any atom is -0.311 e. The van der Waals surface area contributed by atoms with Crippen LogP contribution in [0.2, 0.25) is 0 Å². The van der Waals surface area contributed by atoms with Crippen LogP contribution in [0.15, 0.2) is 158 Å². The van der Waals surface area contributed by atoms with Crippen molar-refractivity contribution in [1.82, 2.24) is 0 Å². The molecule has 0 saturated heterocycles. The molecule has 0 amide bonds. The van der Waals surface area contributed by atoms with Crippen molar-refractivity contribution in [2.24, 2.45) is 0 Å². The third-order valence-corrected chi connectivity index (χ3v) is 8.37. The standard InChI is InChI=1S/C43H26N4/c44-27-30-1-6-33(7-2-30)35-13-19-41(20-14-35)47(42-21-15-36(16-22-42)34-8-3-31(28-45)4-9-34)43-23-17-37(18-24-43)39-12-11-38-25-32(29-46)5-10-40(38)26-39/h1-26H. The molecule has 0 bridgehead atoms. The van der Waals surface area contributed by atoms with Gasteiger partial charge in [-0.25, -0.2) is 0 Å². The van der Waals surface area contributed by atoms with Crippen LogP contribution in [0, 0.1) is 34.0 Å². The molecule has 0 heterocycles. The number of hydrogen-bond acceptors (Lipinski definition) is 4. The third kappa shape index (κ3) is 5.94. The number of nitrogens with zero attached hydrogens (tertiary/aromatic N) is 4. The van der Waals surface area contributed by atoms with Gasteiger partial charge in [0, 0.05) is 17.1 Å². The minimum absolute atomic E-state index is 0.640. The van der Waals surface area contributed by atoms with E-state index in [1.807, 2.05) is 66.7 Å². The van der Waals surface area contributed by atoms with Gasteiger partial charge in [0.25, 0.3) is 0 Å². The quantitative estimate of drug-likeness (QED) is 0.191. The molecule has 0 atom stereocenters. The fourth-order valence-corrected chi connectivity index (χ4v) is 5.83. The molecular weight excluding hydrogens is 573 g/mol. The summed E-state index contributed by atoms with van der Waals surface area (Å²) in [7, 11) is 0. The van der Waals surface area contributed by atoms with Gasteiger partial charge < -0.3 is 4.90 Å². The maximum atomic E-state index is 9.26. The Labute approximate surface area is 273 Å². The van der Waals surface area contributed by atoms with Gasteiger partial charge >= 0.3 is 0 Å². The molecule has 47 heavy (non-hydrogen) atoms. The average Bonchev–Trinajstić information content (AvgIpc) is 3.15. The highest BCUT2D eigenvalue weighted by molar-refractivity contribution is 5.89. The van der Waals surface area contributed by atoms with E-state index in [1.165, 1.54) is 0 Å². The highest BCUT2D eigenvalue weighted by Gasteiger charge is 2.14. The van der Waals surface area contributed by atoms with Crippen LogP contribution < -0.4 is 4.90 Å². The predicted octanol–water partition coefficient (Wildman–Crippen LogP) is 10.9. The lowest BCUT2D eigenvalue weighted by molar-refractivity contribution is 1.28. The highest BCUT2D eigenvalue weighted by Crippen LogP contribution is 2.38. The lowest BCUT2D eigenvalue weighted by atomic mass is 9.99. The van der Waals surface area contributed by atoms with Gasteiger partial charge in [-0.3, -0.25) is 0 Å². The average molecular weight is 599 g/mol. The van der Waals surface area contributed by atoms with E-state index in [4.69, 9.17) is 0 Å². The number of nitriles is 3. The molecule has 0 spiro atoms. The summed E-state index contributed by atoms with van der Waals surface area (Å²) in [6.45, 7) is 0. The van der Waals surface area contributed by atoms with E-state index < -0.39 is 0 Å². The molecule has 0 radical (unpaired) electrons. The lowest BCUT2D eigenvalue weighted by Crippen LogP contribution is -2.09. The number of rotatable bonds is 6. The van der Waals surface area contributed by atoms with Gasteiger partial charge in [0.2, 0.25) is 0 Å². The molecule has 7 aromatic carbocycles. The zero-order valence-electron chi connectivity index (χ0n) is 25.3. The van der Waals surface area contributed by atoms with Gasteiger partial charge in [0.05, 0.1) is 34.9 Å². The molecule has 7 rings (SSSR count). The smallest absolute Gasteiger partial charge is 0.0991 e. The fraction of sp³-hybridized carbons (Fsp3) is 0. The first-order chi connectivity index (χ1) is 23.1. The Morgan fingerprint density at radius 3 is 1.00 bits per heavy atom.